The molecule has 0 atom stereocenters. The molecule has 4 aromatic rings. The van der Waals surface area contributed by atoms with E-state index >= 15 is 0 Å². The van der Waals surface area contributed by atoms with E-state index in [4.69, 9.17) is 11.4 Å². The summed E-state index contributed by atoms with van der Waals surface area (Å²) in [5, 5.41) is 8.35. The number of piperazine rings is 1. The summed E-state index contributed by atoms with van der Waals surface area (Å²) in [6.07, 6.45) is 9.27. The van der Waals surface area contributed by atoms with Gasteiger partial charge in [0.05, 0.1) is 17.6 Å². The zero-order chi connectivity index (χ0) is 24.5. The van der Waals surface area contributed by atoms with Crippen molar-refractivity contribution in [2.45, 2.75) is 13.5 Å². The first kappa shape index (κ1) is 22.6. The highest BCUT2D eigenvalue weighted by molar-refractivity contribution is 5.84. The molecule has 1 aromatic carbocycles. The number of benzene rings is 1. The summed E-state index contributed by atoms with van der Waals surface area (Å²) in [5.41, 5.74) is 4.14. The largest absolute Gasteiger partial charge is 0.369 e. The van der Waals surface area contributed by atoms with Gasteiger partial charge in [-0.2, -0.15) is 10.1 Å². The van der Waals surface area contributed by atoms with Gasteiger partial charge in [-0.15, -0.1) is 6.42 Å². The lowest BCUT2D eigenvalue weighted by Gasteiger charge is -2.34. The second-order valence-electron chi connectivity index (χ2n) is 8.91. The van der Waals surface area contributed by atoms with E-state index in [0.29, 0.717) is 28.1 Å². The Morgan fingerprint density at radius 1 is 1.09 bits per heavy atom. The topological polar surface area (TPSA) is 84.1 Å². The summed E-state index contributed by atoms with van der Waals surface area (Å²) >= 11 is 0. The molecule has 1 aliphatic heterocycles. The minimum absolute atomic E-state index is 0.183. The molecular weight excluding hydrogens is 440 g/mol. The predicted octanol–water partition coefficient (Wildman–Crippen LogP) is 2.36. The summed E-state index contributed by atoms with van der Waals surface area (Å²) in [6.45, 7) is 6.18. The second-order valence-corrected chi connectivity index (χ2v) is 8.91. The maximum absolute atomic E-state index is 13.2. The number of nitrogens with one attached hydrogen (secondary N) is 1. The van der Waals surface area contributed by atoms with Crippen LogP contribution in [0.4, 0.5) is 17.3 Å². The molecule has 9 heteroatoms. The van der Waals surface area contributed by atoms with Crippen molar-refractivity contribution in [3.05, 3.63) is 69.9 Å². The van der Waals surface area contributed by atoms with Gasteiger partial charge in [-0.1, -0.05) is 5.92 Å². The third kappa shape index (κ3) is 4.48. The van der Waals surface area contributed by atoms with Crippen molar-refractivity contribution < 1.29 is 0 Å². The molecule has 1 saturated heterocycles. The van der Waals surface area contributed by atoms with Crippen LogP contribution < -0.4 is 15.8 Å². The molecule has 3 aromatic heterocycles. The van der Waals surface area contributed by atoms with Crippen molar-refractivity contribution in [2.75, 3.05) is 43.4 Å². The Morgan fingerprint density at radius 2 is 1.83 bits per heavy atom. The fourth-order valence-electron chi connectivity index (χ4n) is 4.41. The van der Waals surface area contributed by atoms with E-state index in [9.17, 15) is 4.79 Å². The van der Waals surface area contributed by atoms with Crippen LogP contribution in [-0.4, -0.2) is 62.4 Å². The first-order valence-corrected chi connectivity index (χ1v) is 11.6. The molecule has 9 nitrogen and oxygen atoms in total. The highest BCUT2D eigenvalue weighted by Crippen LogP contribution is 2.23. The summed E-state index contributed by atoms with van der Waals surface area (Å²) < 4.78 is 3.32. The molecule has 1 N–H and O–H groups in total. The number of hydrogen-bond donors (Lipinski definition) is 1. The van der Waals surface area contributed by atoms with Crippen LogP contribution in [0.5, 0.6) is 0 Å². The van der Waals surface area contributed by atoms with Crippen LogP contribution >= 0.6 is 0 Å². The maximum atomic E-state index is 13.2. The molecule has 0 unspecified atom stereocenters. The highest BCUT2D eigenvalue weighted by Gasteiger charge is 2.17. The van der Waals surface area contributed by atoms with E-state index in [1.54, 1.807) is 22.4 Å². The summed E-state index contributed by atoms with van der Waals surface area (Å²) in [4.78, 5) is 27.1. The predicted molar refractivity (Wildman–Crippen MR) is 138 cm³/mol. The fourth-order valence-corrected chi connectivity index (χ4v) is 4.41. The lowest BCUT2D eigenvalue weighted by molar-refractivity contribution is 0.313. The Morgan fingerprint density at radius 3 is 2.49 bits per heavy atom. The number of likely N-dealkylation sites (N-methyl/N-ethyl adjacent to an activating group) is 1. The van der Waals surface area contributed by atoms with Gasteiger partial charge in [-0.3, -0.25) is 14.0 Å². The molecule has 4 heterocycles. The SMILES string of the molecule is C#Cc1c(C)c(=O)n(Cc2ccn(C)n2)c2nc(Nc3ccc(N4CCN(C)CC4)cc3)ncc12. The van der Waals surface area contributed by atoms with Crippen LogP contribution in [0.2, 0.25) is 0 Å². The zero-order valence-corrected chi connectivity index (χ0v) is 20.2. The first-order valence-electron chi connectivity index (χ1n) is 11.6. The van der Waals surface area contributed by atoms with Crippen molar-refractivity contribution in [3.8, 4) is 12.3 Å². The van der Waals surface area contributed by atoms with Crippen LogP contribution in [-0.2, 0) is 13.6 Å². The number of fused-ring (bicyclic) bond motifs is 1. The maximum Gasteiger partial charge on any atom is 0.256 e. The van der Waals surface area contributed by atoms with Gasteiger partial charge in [-0.25, -0.2) is 4.98 Å². The van der Waals surface area contributed by atoms with Crippen LogP contribution in [0.15, 0.2) is 47.5 Å². The summed E-state index contributed by atoms with van der Waals surface area (Å²) in [5.74, 6) is 3.04. The number of aromatic nitrogens is 5. The van der Waals surface area contributed by atoms with E-state index in [2.05, 4.69) is 50.3 Å². The van der Waals surface area contributed by atoms with Gasteiger partial charge in [0.2, 0.25) is 5.95 Å². The molecular formula is C26H28N8O. The number of hydrogen-bond acceptors (Lipinski definition) is 7. The smallest absolute Gasteiger partial charge is 0.256 e. The minimum Gasteiger partial charge on any atom is -0.369 e. The number of rotatable bonds is 5. The average Bonchev–Trinajstić information content (AvgIpc) is 3.28. The van der Waals surface area contributed by atoms with E-state index < -0.39 is 0 Å². The highest BCUT2D eigenvalue weighted by atomic mass is 16.1. The lowest BCUT2D eigenvalue weighted by atomic mass is 10.1. The lowest BCUT2D eigenvalue weighted by Crippen LogP contribution is -2.44. The Bertz CT molecular complexity index is 1470. The van der Waals surface area contributed by atoms with Crippen molar-refractivity contribution in [1.29, 1.82) is 0 Å². The van der Waals surface area contributed by atoms with Crippen LogP contribution in [0.1, 0.15) is 16.8 Å². The van der Waals surface area contributed by atoms with E-state index in [1.807, 2.05) is 31.4 Å². The molecule has 0 amide bonds. The van der Waals surface area contributed by atoms with Crippen LogP contribution in [0.25, 0.3) is 11.0 Å². The quantitative estimate of drug-likeness (QED) is 0.450. The molecule has 1 fully saturated rings. The minimum atomic E-state index is -0.183. The van der Waals surface area contributed by atoms with E-state index in [1.165, 1.54) is 5.69 Å². The fraction of sp³-hybridized carbons (Fsp3) is 0.308. The number of aryl methyl sites for hydroxylation is 1. The number of pyridine rings is 1. The number of anilines is 3. The molecule has 0 bridgehead atoms. The molecule has 0 aliphatic carbocycles. The molecule has 0 radical (unpaired) electrons. The third-order valence-electron chi connectivity index (χ3n) is 6.46. The number of terminal acetylenes is 1. The normalized spacial score (nSPS) is 14.3. The summed E-state index contributed by atoms with van der Waals surface area (Å²) in [7, 11) is 3.99. The van der Waals surface area contributed by atoms with Gasteiger partial charge in [0, 0.05) is 68.1 Å². The number of nitrogens with zero attached hydrogens (tertiary/aromatic N) is 7. The molecule has 0 spiro atoms. The Labute approximate surface area is 204 Å². The molecule has 178 valence electrons. The van der Waals surface area contributed by atoms with Gasteiger partial charge < -0.3 is 15.1 Å². The van der Waals surface area contributed by atoms with Crippen molar-refractivity contribution in [2.24, 2.45) is 7.05 Å². The van der Waals surface area contributed by atoms with Gasteiger partial charge in [0.15, 0.2) is 0 Å². The average molecular weight is 469 g/mol. The third-order valence-corrected chi connectivity index (χ3v) is 6.46. The Balaban J connectivity index is 1.47. The van der Waals surface area contributed by atoms with Gasteiger partial charge in [-0.05, 0) is 44.3 Å². The Hall–Kier alpha value is -4.16. The molecule has 35 heavy (non-hydrogen) atoms. The van der Waals surface area contributed by atoms with Crippen LogP contribution in [0.3, 0.4) is 0 Å². The molecule has 0 saturated carbocycles. The van der Waals surface area contributed by atoms with Gasteiger partial charge in [0.1, 0.15) is 5.65 Å². The zero-order valence-electron chi connectivity index (χ0n) is 20.2. The summed E-state index contributed by atoms with van der Waals surface area (Å²) in [6, 6.07) is 10.1. The monoisotopic (exact) mass is 468 g/mol. The van der Waals surface area contributed by atoms with Crippen molar-refractivity contribution in [3.63, 3.8) is 0 Å². The van der Waals surface area contributed by atoms with E-state index in [-0.39, 0.29) is 12.1 Å². The van der Waals surface area contributed by atoms with Gasteiger partial charge in [0.25, 0.3) is 5.56 Å². The van der Waals surface area contributed by atoms with Crippen LogP contribution in [0, 0.1) is 19.3 Å². The van der Waals surface area contributed by atoms with Crippen molar-refractivity contribution in [1.82, 2.24) is 29.2 Å². The van der Waals surface area contributed by atoms with Gasteiger partial charge >= 0.3 is 0 Å². The molecule has 1 aliphatic rings. The standard InChI is InChI=1S/C26H28N8O/c1-5-22-18(2)25(35)34(17-20-10-11-32(4)30-20)24-23(22)16-27-26(29-24)28-19-6-8-21(9-7-19)33-14-12-31(3)13-15-33/h1,6-11,16H,12-15,17H2,2-4H3,(H,27,28,29). The first-order chi connectivity index (χ1) is 16.9. The Kier molecular flexibility index (Phi) is 5.97. The van der Waals surface area contributed by atoms with Crippen molar-refractivity contribution >= 4 is 28.4 Å². The second kappa shape index (κ2) is 9.24. The van der Waals surface area contributed by atoms with E-state index in [0.717, 1.165) is 37.6 Å². The molecule has 5 rings (SSSR count).